The van der Waals surface area contributed by atoms with Gasteiger partial charge in [-0.1, -0.05) is 25.8 Å². The zero-order valence-corrected chi connectivity index (χ0v) is 9.77. The molecule has 2 atom stereocenters. The maximum Gasteiger partial charge on any atom is 0.194 e. The van der Waals surface area contributed by atoms with Gasteiger partial charge in [0.25, 0.3) is 0 Å². The molecule has 0 aromatic heterocycles. The molecular weight excluding hydrogens is 227 g/mol. The summed E-state index contributed by atoms with van der Waals surface area (Å²) in [5.74, 6) is -3.67. The summed E-state index contributed by atoms with van der Waals surface area (Å²) in [6.07, 6.45) is 3.43. The van der Waals surface area contributed by atoms with Crippen LogP contribution in [-0.2, 0) is 5.54 Å². The Morgan fingerprint density at radius 3 is 2.53 bits per heavy atom. The molecule has 2 rings (SSSR count). The summed E-state index contributed by atoms with van der Waals surface area (Å²) in [5, 5.41) is 0. The summed E-state index contributed by atoms with van der Waals surface area (Å²) < 4.78 is 39.9. The minimum Gasteiger partial charge on any atom is -0.321 e. The van der Waals surface area contributed by atoms with Gasteiger partial charge in [-0.3, -0.25) is 0 Å². The molecule has 1 nitrogen and oxygen atoms in total. The maximum absolute atomic E-state index is 13.8. The van der Waals surface area contributed by atoms with E-state index in [1.807, 2.05) is 6.92 Å². The van der Waals surface area contributed by atoms with Crippen molar-refractivity contribution in [2.24, 2.45) is 11.7 Å². The lowest BCUT2D eigenvalue weighted by Gasteiger charge is -2.40. The molecule has 0 saturated heterocycles. The molecule has 2 unspecified atom stereocenters. The van der Waals surface area contributed by atoms with Gasteiger partial charge in [-0.2, -0.15) is 0 Å². The Kier molecular flexibility index (Phi) is 3.17. The van der Waals surface area contributed by atoms with Gasteiger partial charge in [0, 0.05) is 11.1 Å². The fraction of sp³-hybridized carbons (Fsp3) is 0.538. The van der Waals surface area contributed by atoms with Crippen LogP contribution < -0.4 is 5.73 Å². The first-order valence-corrected chi connectivity index (χ1v) is 5.89. The number of hydrogen-bond acceptors (Lipinski definition) is 1. The second-order valence-electron chi connectivity index (χ2n) is 4.91. The topological polar surface area (TPSA) is 26.0 Å². The van der Waals surface area contributed by atoms with Crippen molar-refractivity contribution in [2.45, 2.75) is 38.1 Å². The van der Waals surface area contributed by atoms with Crippen molar-refractivity contribution >= 4 is 0 Å². The molecule has 94 valence electrons. The molecular formula is C13H16F3N. The Balaban J connectivity index is 2.49. The number of rotatable bonds is 1. The van der Waals surface area contributed by atoms with Crippen LogP contribution in [0.5, 0.6) is 0 Å². The first-order valence-electron chi connectivity index (χ1n) is 5.89. The second-order valence-corrected chi connectivity index (χ2v) is 4.91. The van der Waals surface area contributed by atoms with E-state index in [9.17, 15) is 13.2 Å². The molecule has 0 radical (unpaired) electrons. The molecule has 0 spiro atoms. The molecule has 2 N–H and O–H groups in total. The predicted molar refractivity (Wildman–Crippen MR) is 59.8 cm³/mol. The van der Waals surface area contributed by atoms with Crippen molar-refractivity contribution < 1.29 is 13.2 Å². The Morgan fingerprint density at radius 2 is 1.88 bits per heavy atom. The summed E-state index contributed by atoms with van der Waals surface area (Å²) in [7, 11) is 0. The zero-order chi connectivity index (χ0) is 12.6. The predicted octanol–water partition coefficient (Wildman–Crippen LogP) is 3.47. The molecule has 0 aliphatic heterocycles. The van der Waals surface area contributed by atoms with Gasteiger partial charge in [0.2, 0.25) is 0 Å². The van der Waals surface area contributed by atoms with Crippen LogP contribution in [0.3, 0.4) is 0 Å². The summed E-state index contributed by atoms with van der Waals surface area (Å²) >= 11 is 0. The summed E-state index contributed by atoms with van der Waals surface area (Å²) in [6, 6.07) is 2.22. The molecule has 1 aromatic carbocycles. The van der Waals surface area contributed by atoms with E-state index in [-0.39, 0.29) is 11.5 Å². The minimum absolute atomic E-state index is 0.0654. The molecule has 1 fully saturated rings. The Morgan fingerprint density at radius 1 is 1.18 bits per heavy atom. The highest BCUT2D eigenvalue weighted by molar-refractivity contribution is 5.29. The van der Waals surface area contributed by atoms with Gasteiger partial charge < -0.3 is 5.73 Å². The Bertz CT molecular complexity index is 433. The first-order chi connectivity index (χ1) is 7.97. The molecule has 1 aliphatic carbocycles. The van der Waals surface area contributed by atoms with Gasteiger partial charge >= 0.3 is 0 Å². The van der Waals surface area contributed by atoms with Gasteiger partial charge in [0.05, 0.1) is 0 Å². The third-order valence-corrected chi connectivity index (χ3v) is 3.89. The van der Waals surface area contributed by atoms with Crippen molar-refractivity contribution in [3.63, 3.8) is 0 Å². The van der Waals surface area contributed by atoms with E-state index in [4.69, 9.17) is 5.73 Å². The van der Waals surface area contributed by atoms with Gasteiger partial charge in [0.15, 0.2) is 17.5 Å². The highest BCUT2D eigenvalue weighted by Crippen LogP contribution is 2.40. The highest BCUT2D eigenvalue weighted by atomic mass is 19.2. The van der Waals surface area contributed by atoms with E-state index in [0.29, 0.717) is 6.42 Å². The summed E-state index contributed by atoms with van der Waals surface area (Å²) in [5.41, 5.74) is 5.44. The van der Waals surface area contributed by atoms with Crippen LogP contribution >= 0.6 is 0 Å². The van der Waals surface area contributed by atoms with Crippen LogP contribution in [-0.4, -0.2) is 0 Å². The van der Waals surface area contributed by atoms with Crippen molar-refractivity contribution in [2.75, 3.05) is 0 Å². The van der Waals surface area contributed by atoms with Crippen LogP contribution in [0.1, 0.15) is 38.2 Å². The smallest absolute Gasteiger partial charge is 0.194 e. The van der Waals surface area contributed by atoms with Crippen LogP contribution in [0, 0.1) is 23.4 Å². The van der Waals surface area contributed by atoms with Crippen molar-refractivity contribution in [3.05, 3.63) is 35.1 Å². The summed E-state index contributed by atoms with van der Waals surface area (Å²) in [4.78, 5) is 0. The van der Waals surface area contributed by atoms with Crippen LogP contribution in [0.15, 0.2) is 12.1 Å². The number of halogens is 3. The second kappa shape index (κ2) is 4.33. The lowest BCUT2D eigenvalue weighted by Crippen LogP contribution is -2.46. The summed E-state index contributed by atoms with van der Waals surface area (Å²) in [6.45, 7) is 1.93. The van der Waals surface area contributed by atoms with Gasteiger partial charge in [-0.25, -0.2) is 13.2 Å². The average Bonchev–Trinajstić information content (AvgIpc) is 2.30. The van der Waals surface area contributed by atoms with Crippen LogP contribution in [0.4, 0.5) is 13.2 Å². The average molecular weight is 243 g/mol. The molecule has 0 bridgehead atoms. The van der Waals surface area contributed by atoms with Crippen molar-refractivity contribution in [1.82, 2.24) is 0 Å². The lowest BCUT2D eigenvalue weighted by atomic mass is 9.70. The lowest BCUT2D eigenvalue weighted by molar-refractivity contribution is 0.198. The molecule has 1 saturated carbocycles. The van der Waals surface area contributed by atoms with E-state index in [1.54, 1.807) is 0 Å². The monoisotopic (exact) mass is 243 g/mol. The Labute approximate surface area is 98.8 Å². The van der Waals surface area contributed by atoms with Crippen LogP contribution in [0.2, 0.25) is 0 Å². The normalized spacial score (nSPS) is 29.4. The van der Waals surface area contributed by atoms with Gasteiger partial charge in [-0.15, -0.1) is 0 Å². The van der Waals surface area contributed by atoms with Crippen molar-refractivity contribution in [3.8, 4) is 0 Å². The van der Waals surface area contributed by atoms with E-state index in [0.717, 1.165) is 25.3 Å². The third-order valence-electron chi connectivity index (χ3n) is 3.89. The standard InChI is InChI=1S/C13H16F3N/c1-8-4-2-3-7-13(8,17)9-5-6-10(14)12(16)11(9)15/h5-6,8H,2-4,7,17H2,1H3. The number of benzene rings is 1. The molecule has 1 aliphatic rings. The van der Waals surface area contributed by atoms with Crippen LogP contribution in [0.25, 0.3) is 0 Å². The Hall–Kier alpha value is -1.03. The first kappa shape index (κ1) is 12.4. The highest BCUT2D eigenvalue weighted by Gasteiger charge is 2.38. The van der Waals surface area contributed by atoms with Gasteiger partial charge in [0.1, 0.15) is 0 Å². The quantitative estimate of drug-likeness (QED) is 0.751. The molecule has 1 aromatic rings. The van der Waals surface area contributed by atoms with E-state index in [2.05, 4.69) is 0 Å². The number of hydrogen-bond donors (Lipinski definition) is 1. The molecule has 0 heterocycles. The van der Waals surface area contributed by atoms with Crippen molar-refractivity contribution in [1.29, 1.82) is 0 Å². The molecule has 0 amide bonds. The minimum atomic E-state index is -1.43. The zero-order valence-electron chi connectivity index (χ0n) is 9.77. The van der Waals surface area contributed by atoms with Gasteiger partial charge in [-0.05, 0) is 24.8 Å². The molecule has 4 heteroatoms. The van der Waals surface area contributed by atoms with E-state index in [1.165, 1.54) is 6.07 Å². The molecule has 17 heavy (non-hydrogen) atoms. The number of nitrogens with two attached hydrogens (primary N) is 1. The largest absolute Gasteiger partial charge is 0.321 e. The van der Waals surface area contributed by atoms with E-state index >= 15 is 0 Å². The van der Waals surface area contributed by atoms with E-state index < -0.39 is 23.0 Å². The maximum atomic E-state index is 13.8. The third kappa shape index (κ3) is 1.95. The SMILES string of the molecule is CC1CCCCC1(N)c1ccc(F)c(F)c1F. The fourth-order valence-electron chi connectivity index (χ4n) is 2.66. The fourth-order valence-corrected chi connectivity index (χ4v) is 2.66.